The molecule has 144 valence electrons. The fourth-order valence-electron chi connectivity index (χ4n) is 2.96. The first kappa shape index (κ1) is 18.8. The lowest BCUT2D eigenvalue weighted by atomic mass is 10.1. The van der Waals surface area contributed by atoms with Crippen molar-refractivity contribution in [3.8, 4) is 22.8 Å². The molecule has 5 nitrogen and oxygen atoms in total. The minimum absolute atomic E-state index is 0.560. The van der Waals surface area contributed by atoms with Gasteiger partial charge in [0.25, 0.3) is 0 Å². The fourth-order valence-corrected chi connectivity index (χ4v) is 4.05. The Morgan fingerprint density at radius 2 is 1.96 bits per heavy atom. The number of rotatable bonds is 4. The Morgan fingerprint density at radius 3 is 2.75 bits per heavy atom. The summed E-state index contributed by atoms with van der Waals surface area (Å²) in [6, 6.07) is 13.7. The highest BCUT2D eigenvalue weighted by Crippen LogP contribution is 2.31. The van der Waals surface area contributed by atoms with E-state index >= 15 is 0 Å². The SMILES string of the molecule is CCN=c1scc(-c2cccc(Cl)c2)n1N=C(C)c1ccc2c(c1)OCCO2. The zero-order valence-corrected chi connectivity index (χ0v) is 17.3. The van der Waals surface area contributed by atoms with Crippen molar-refractivity contribution in [2.24, 2.45) is 10.1 Å². The molecule has 0 atom stereocenters. The molecule has 0 spiro atoms. The van der Waals surface area contributed by atoms with E-state index in [-0.39, 0.29) is 0 Å². The Bertz CT molecular complexity index is 1100. The minimum Gasteiger partial charge on any atom is -0.486 e. The third kappa shape index (κ3) is 3.84. The summed E-state index contributed by atoms with van der Waals surface area (Å²) in [5, 5.41) is 7.62. The van der Waals surface area contributed by atoms with Crippen LogP contribution in [0.4, 0.5) is 0 Å². The maximum atomic E-state index is 6.19. The number of nitrogens with zero attached hydrogens (tertiary/aromatic N) is 3. The average molecular weight is 414 g/mol. The van der Waals surface area contributed by atoms with Crippen LogP contribution in [0.2, 0.25) is 5.02 Å². The molecule has 0 saturated heterocycles. The van der Waals surface area contributed by atoms with E-state index in [2.05, 4.69) is 10.4 Å². The molecule has 0 saturated carbocycles. The predicted octanol–water partition coefficient (Wildman–Crippen LogP) is 4.83. The average Bonchev–Trinajstić information content (AvgIpc) is 3.10. The van der Waals surface area contributed by atoms with Crippen molar-refractivity contribution < 1.29 is 9.47 Å². The molecule has 28 heavy (non-hydrogen) atoms. The van der Waals surface area contributed by atoms with Crippen LogP contribution in [-0.2, 0) is 0 Å². The second-order valence-corrected chi connectivity index (χ2v) is 7.52. The van der Waals surface area contributed by atoms with Gasteiger partial charge in [0.15, 0.2) is 11.5 Å². The number of aromatic nitrogens is 1. The van der Waals surface area contributed by atoms with E-state index in [1.165, 1.54) is 0 Å². The van der Waals surface area contributed by atoms with Crippen LogP contribution in [0.3, 0.4) is 0 Å². The molecule has 0 amide bonds. The Balaban J connectivity index is 1.80. The summed E-state index contributed by atoms with van der Waals surface area (Å²) in [5.41, 5.74) is 3.79. The topological polar surface area (TPSA) is 48.1 Å². The molecule has 4 rings (SSSR count). The summed E-state index contributed by atoms with van der Waals surface area (Å²) < 4.78 is 13.2. The lowest BCUT2D eigenvalue weighted by molar-refractivity contribution is 0.171. The van der Waals surface area contributed by atoms with Crippen LogP contribution in [0.15, 0.2) is 57.9 Å². The maximum Gasteiger partial charge on any atom is 0.206 e. The Labute approximate surface area is 172 Å². The number of halogens is 1. The van der Waals surface area contributed by atoms with Crippen LogP contribution in [0, 0.1) is 0 Å². The van der Waals surface area contributed by atoms with Gasteiger partial charge < -0.3 is 9.47 Å². The van der Waals surface area contributed by atoms with Gasteiger partial charge in [-0.2, -0.15) is 5.10 Å². The van der Waals surface area contributed by atoms with Gasteiger partial charge in [-0.3, -0.25) is 4.99 Å². The van der Waals surface area contributed by atoms with Crippen LogP contribution >= 0.6 is 22.9 Å². The summed E-state index contributed by atoms with van der Waals surface area (Å²) in [4.78, 5) is 5.43. The van der Waals surface area contributed by atoms with Crippen molar-refractivity contribution in [3.63, 3.8) is 0 Å². The fraction of sp³-hybridized carbons (Fsp3) is 0.238. The van der Waals surface area contributed by atoms with Gasteiger partial charge in [0.1, 0.15) is 13.2 Å². The molecule has 1 aromatic heterocycles. The number of hydrogen-bond acceptors (Lipinski definition) is 5. The highest BCUT2D eigenvalue weighted by atomic mass is 35.5. The summed E-state index contributed by atoms with van der Waals surface area (Å²) in [6.07, 6.45) is 0. The molecule has 1 aliphatic heterocycles. The zero-order valence-electron chi connectivity index (χ0n) is 15.7. The second-order valence-electron chi connectivity index (χ2n) is 6.24. The first-order valence-electron chi connectivity index (χ1n) is 9.08. The molecule has 7 heteroatoms. The summed E-state index contributed by atoms with van der Waals surface area (Å²) in [7, 11) is 0. The van der Waals surface area contributed by atoms with E-state index in [4.69, 9.17) is 26.2 Å². The number of thiazole rings is 1. The summed E-state index contributed by atoms with van der Waals surface area (Å²) >= 11 is 7.76. The maximum absolute atomic E-state index is 6.19. The van der Waals surface area contributed by atoms with Crippen molar-refractivity contribution in [2.45, 2.75) is 13.8 Å². The zero-order chi connectivity index (χ0) is 19.5. The first-order valence-corrected chi connectivity index (χ1v) is 10.3. The van der Waals surface area contributed by atoms with Crippen LogP contribution in [-0.4, -0.2) is 30.1 Å². The van der Waals surface area contributed by atoms with Crippen LogP contribution < -0.4 is 14.3 Å². The Kier molecular flexibility index (Phi) is 5.50. The standard InChI is InChI=1S/C21H20ClN3O2S/c1-3-23-21-25(18(13-28-21)16-5-4-6-17(22)11-16)24-14(2)15-7-8-19-20(12-15)27-10-9-26-19/h4-8,11-13H,3,9-10H2,1-2H3. The molecule has 0 aliphatic carbocycles. The van der Waals surface area contributed by atoms with E-state index in [0.29, 0.717) is 24.8 Å². The van der Waals surface area contributed by atoms with Crippen LogP contribution in [0.1, 0.15) is 19.4 Å². The molecule has 0 radical (unpaired) electrons. The Hall–Kier alpha value is -2.57. The van der Waals surface area contributed by atoms with Crippen molar-refractivity contribution in [2.75, 3.05) is 19.8 Å². The lowest BCUT2D eigenvalue weighted by Crippen LogP contribution is -2.16. The highest BCUT2D eigenvalue weighted by molar-refractivity contribution is 7.07. The van der Waals surface area contributed by atoms with E-state index in [1.54, 1.807) is 11.3 Å². The normalized spacial score (nSPS) is 14.4. The quantitative estimate of drug-likeness (QED) is 0.575. The van der Waals surface area contributed by atoms with Crippen molar-refractivity contribution in [1.82, 2.24) is 4.68 Å². The van der Waals surface area contributed by atoms with Crippen molar-refractivity contribution in [3.05, 3.63) is 63.2 Å². The van der Waals surface area contributed by atoms with Gasteiger partial charge in [0.2, 0.25) is 4.80 Å². The number of fused-ring (bicyclic) bond motifs is 1. The third-order valence-corrected chi connectivity index (χ3v) is 5.40. The summed E-state index contributed by atoms with van der Waals surface area (Å²) in [5.74, 6) is 1.52. The molecular formula is C21H20ClN3O2S. The molecule has 0 unspecified atom stereocenters. The van der Waals surface area contributed by atoms with Crippen LogP contribution in [0.25, 0.3) is 11.3 Å². The van der Waals surface area contributed by atoms with E-state index < -0.39 is 0 Å². The monoisotopic (exact) mass is 413 g/mol. The molecule has 0 fully saturated rings. The molecule has 3 aromatic rings. The van der Waals surface area contributed by atoms with Gasteiger partial charge in [0.05, 0.1) is 11.4 Å². The Morgan fingerprint density at radius 1 is 1.14 bits per heavy atom. The highest BCUT2D eigenvalue weighted by Gasteiger charge is 2.14. The lowest BCUT2D eigenvalue weighted by Gasteiger charge is -2.18. The first-order chi connectivity index (χ1) is 13.7. The van der Waals surface area contributed by atoms with Gasteiger partial charge in [-0.25, -0.2) is 4.68 Å². The van der Waals surface area contributed by atoms with E-state index in [1.807, 2.05) is 61.0 Å². The number of benzene rings is 2. The van der Waals surface area contributed by atoms with Gasteiger partial charge >= 0.3 is 0 Å². The van der Waals surface area contributed by atoms with Gasteiger partial charge in [-0.05, 0) is 44.2 Å². The minimum atomic E-state index is 0.560. The third-order valence-electron chi connectivity index (χ3n) is 4.31. The van der Waals surface area contributed by atoms with Crippen molar-refractivity contribution in [1.29, 1.82) is 0 Å². The van der Waals surface area contributed by atoms with Crippen LogP contribution in [0.5, 0.6) is 11.5 Å². The number of hydrogen-bond donors (Lipinski definition) is 0. The molecule has 0 N–H and O–H groups in total. The predicted molar refractivity (Wildman–Crippen MR) is 114 cm³/mol. The molecular weight excluding hydrogens is 394 g/mol. The molecule has 1 aliphatic rings. The second kappa shape index (κ2) is 8.20. The van der Waals surface area contributed by atoms with Crippen molar-refractivity contribution >= 4 is 28.6 Å². The summed E-state index contributed by atoms with van der Waals surface area (Å²) in [6.45, 7) is 5.82. The molecule has 2 heterocycles. The van der Waals surface area contributed by atoms with Gasteiger partial charge in [0, 0.05) is 28.1 Å². The molecule has 2 aromatic carbocycles. The van der Waals surface area contributed by atoms with Gasteiger partial charge in [-0.1, -0.05) is 23.7 Å². The smallest absolute Gasteiger partial charge is 0.206 e. The van der Waals surface area contributed by atoms with Gasteiger partial charge in [-0.15, -0.1) is 11.3 Å². The van der Waals surface area contributed by atoms with E-state index in [9.17, 15) is 0 Å². The molecule has 0 bridgehead atoms. The van der Waals surface area contributed by atoms with E-state index in [0.717, 1.165) is 38.8 Å². The largest absolute Gasteiger partial charge is 0.486 e. The number of ether oxygens (including phenoxy) is 2.